The molecular formula is C18H14O2. The van der Waals surface area contributed by atoms with E-state index in [9.17, 15) is 4.79 Å². The van der Waals surface area contributed by atoms with Crippen molar-refractivity contribution in [3.63, 3.8) is 0 Å². The Morgan fingerprint density at radius 1 is 0.800 bits per heavy atom. The predicted octanol–water partition coefficient (Wildman–Crippen LogP) is 4.29. The second-order valence-corrected chi connectivity index (χ2v) is 4.63. The van der Waals surface area contributed by atoms with E-state index in [2.05, 4.69) is 0 Å². The molecule has 98 valence electrons. The summed E-state index contributed by atoms with van der Waals surface area (Å²) in [6, 6.07) is 21.4. The fraction of sp³-hybridized carbons (Fsp3) is 0.0556. The summed E-state index contributed by atoms with van der Waals surface area (Å²) >= 11 is 0. The molecular weight excluding hydrogens is 248 g/mol. The molecule has 1 heterocycles. The minimum atomic E-state index is -0.296. The van der Waals surface area contributed by atoms with Crippen molar-refractivity contribution < 1.29 is 9.21 Å². The molecule has 1 aromatic heterocycles. The van der Waals surface area contributed by atoms with Gasteiger partial charge in [-0.1, -0.05) is 60.7 Å². The van der Waals surface area contributed by atoms with Crippen LogP contribution in [0.4, 0.5) is 0 Å². The molecule has 0 atom stereocenters. The SMILES string of the molecule is O=C(c1ccoc1)C(c1ccccc1)c1ccccc1. The maximum Gasteiger partial charge on any atom is 0.177 e. The lowest BCUT2D eigenvalue weighted by Gasteiger charge is -2.16. The number of benzene rings is 2. The van der Waals surface area contributed by atoms with Gasteiger partial charge < -0.3 is 4.42 Å². The zero-order valence-electron chi connectivity index (χ0n) is 10.9. The molecule has 2 nitrogen and oxygen atoms in total. The number of furan rings is 1. The van der Waals surface area contributed by atoms with Crippen molar-refractivity contribution in [2.24, 2.45) is 0 Å². The molecule has 0 amide bonds. The van der Waals surface area contributed by atoms with Crippen LogP contribution >= 0.6 is 0 Å². The molecule has 0 saturated carbocycles. The summed E-state index contributed by atoms with van der Waals surface area (Å²) < 4.78 is 5.04. The van der Waals surface area contributed by atoms with Gasteiger partial charge in [0.1, 0.15) is 6.26 Å². The van der Waals surface area contributed by atoms with E-state index < -0.39 is 0 Å². The lowest BCUT2D eigenvalue weighted by molar-refractivity contribution is 0.0973. The first-order valence-corrected chi connectivity index (χ1v) is 6.52. The number of hydrogen-bond acceptors (Lipinski definition) is 2. The summed E-state index contributed by atoms with van der Waals surface area (Å²) in [5.74, 6) is -0.244. The van der Waals surface area contributed by atoms with Crippen LogP contribution in [0.5, 0.6) is 0 Å². The number of Topliss-reactive ketones (excluding diaryl/α,β-unsaturated/α-hetero) is 1. The number of rotatable bonds is 4. The number of hydrogen-bond donors (Lipinski definition) is 0. The Bertz CT molecular complexity index is 630. The van der Waals surface area contributed by atoms with Crippen molar-refractivity contribution in [1.29, 1.82) is 0 Å². The second-order valence-electron chi connectivity index (χ2n) is 4.63. The van der Waals surface area contributed by atoms with Crippen LogP contribution in [0.2, 0.25) is 0 Å². The minimum Gasteiger partial charge on any atom is -0.472 e. The largest absolute Gasteiger partial charge is 0.472 e. The molecule has 0 aliphatic carbocycles. The zero-order valence-corrected chi connectivity index (χ0v) is 10.9. The lowest BCUT2D eigenvalue weighted by Crippen LogP contribution is -2.13. The Morgan fingerprint density at radius 2 is 1.35 bits per heavy atom. The first-order chi connectivity index (χ1) is 9.86. The van der Waals surface area contributed by atoms with E-state index in [0.717, 1.165) is 11.1 Å². The molecule has 0 N–H and O–H groups in total. The van der Waals surface area contributed by atoms with Crippen molar-refractivity contribution in [3.8, 4) is 0 Å². The van der Waals surface area contributed by atoms with Crippen molar-refractivity contribution in [1.82, 2.24) is 0 Å². The summed E-state index contributed by atoms with van der Waals surface area (Å²) in [4.78, 5) is 12.7. The monoisotopic (exact) mass is 262 g/mol. The van der Waals surface area contributed by atoms with Gasteiger partial charge in [0.05, 0.1) is 17.7 Å². The van der Waals surface area contributed by atoms with Crippen LogP contribution < -0.4 is 0 Å². The molecule has 3 rings (SSSR count). The smallest absolute Gasteiger partial charge is 0.177 e. The second kappa shape index (κ2) is 5.57. The highest BCUT2D eigenvalue weighted by molar-refractivity contribution is 6.02. The van der Waals surface area contributed by atoms with Crippen LogP contribution in [0, 0.1) is 0 Å². The average molecular weight is 262 g/mol. The molecule has 0 radical (unpaired) electrons. The van der Waals surface area contributed by atoms with E-state index >= 15 is 0 Å². The van der Waals surface area contributed by atoms with E-state index in [1.807, 2.05) is 60.7 Å². The molecule has 0 aliphatic rings. The van der Waals surface area contributed by atoms with Crippen LogP contribution in [-0.2, 0) is 0 Å². The van der Waals surface area contributed by atoms with Crippen molar-refractivity contribution in [3.05, 3.63) is 95.9 Å². The summed E-state index contributed by atoms with van der Waals surface area (Å²) in [5, 5.41) is 0. The molecule has 0 aliphatic heterocycles. The van der Waals surface area contributed by atoms with E-state index in [4.69, 9.17) is 4.42 Å². The highest BCUT2D eigenvalue weighted by Crippen LogP contribution is 2.28. The lowest BCUT2D eigenvalue weighted by atomic mass is 9.85. The van der Waals surface area contributed by atoms with Gasteiger partial charge in [0.2, 0.25) is 0 Å². The molecule has 0 unspecified atom stereocenters. The van der Waals surface area contributed by atoms with Gasteiger partial charge in [0.25, 0.3) is 0 Å². The first kappa shape index (κ1) is 12.4. The molecule has 0 bridgehead atoms. The Hall–Kier alpha value is -2.61. The van der Waals surface area contributed by atoms with Crippen LogP contribution in [0.3, 0.4) is 0 Å². The Kier molecular flexibility index (Phi) is 3.46. The third kappa shape index (κ3) is 2.41. The van der Waals surface area contributed by atoms with Crippen molar-refractivity contribution >= 4 is 5.78 Å². The van der Waals surface area contributed by atoms with Gasteiger partial charge in [-0.05, 0) is 17.2 Å². The van der Waals surface area contributed by atoms with E-state index in [0.29, 0.717) is 5.56 Å². The van der Waals surface area contributed by atoms with Crippen LogP contribution in [0.1, 0.15) is 27.4 Å². The highest BCUT2D eigenvalue weighted by atomic mass is 16.3. The molecule has 0 spiro atoms. The van der Waals surface area contributed by atoms with Crippen LogP contribution in [0.25, 0.3) is 0 Å². The summed E-state index contributed by atoms with van der Waals surface area (Å²) in [6.45, 7) is 0. The Morgan fingerprint density at radius 3 is 1.80 bits per heavy atom. The third-order valence-electron chi connectivity index (χ3n) is 3.33. The average Bonchev–Trinajstić information content (AvgIpc) is 3.04. The summed E-state index contributed by atoms with van der Waals surface area (Å²) in [6.07, 6.45) is 3.03. The Balaban J connectivity index is 2.07. The summed E-state index contributed by atoms with van der Waals surface area (Å²) in [7, 11) is 0. The molecule has 3 aromatic rings. The molecule has 20 heavy (non-hydrogen) atoms. The third-order valence-corrected chi connectivity index (χ3v) is 3.33. The van der Waals surface area contributed by atoms with Gasteiger partial charge in [-0.2, -0.15) is 0 Å². The van der Waals surface area contributed by atoms with Crippen molar-refractivity contribution in [2.75, 3.05) is 0 Å². The first-order valence-electron chi connectivity index (χ1n) is 6.52. The van der Waals surface area contributed by atoms with E-state index in [1.165, 1.54) is 12.5 Å². The van der Waals surface area contributed by atoms with Gasteiger partial charge in [0.15, 0.2) is 5.78 Å². The molecule has 0 fully saturated rings. The van der Waals surface area contributed by atoms with Crippen LogP contribution in [-0.4, -0.2) is 5.78 Å². The zero-order chi connectivity index (χ0) is 13.8. The standard InChI is InChI=1S/C18H14O2/c19-18(16-11-12-20-13-16)17(14-7-3-1-4-8-14)15-9-5-2-6-10-15/h1-13,17H. The van der Waals surface area contributed by atoms with Gasteiger partial charge in [-0.15, -0.1) is 0 Å². The fourth-order valence-electron chi connectivity index (χ4n) is 2.36. The van der Waals surface area contributed by atoms with Crippen LogP contribution in [0.15, 0.2) is 83.7 Å². The normalized spacial score (nSPS) is 10.7. The van der Waals surface area contributed by atoms with E-state index in [-0.39, 0.29) is 11.7 Å². The van der Waals surface area contributed by atoms with Crippen molar-refractivity contribution in [2.45, 2.75) is 5.92 Å². The molecule has 0 saturated heterocycles. The highest BCUT2D eigenvalue weighted by Gasteiger charge is 2.24. The number of carbonyl (C=O) groups is 1. The minimum absolute atomic E-state index is 0.0520. The Labute approximate surface area is 117 Å². The maximum absolute atomic E-state index is 12.7. The molecule has 2 heteroatoms. The maximum atomic E-state index is 12.7. The van der Waals surface area contributed by atoms with Gasteiger partial charge in [-0.25, -0.2) is 0 Å². The van der Waals surface area contributed by atoms with Gasteiger partial charge >= 0.3 is 0 Å². The van der Waals surface area contributed by atoms with E-state index in [1.54, 1.807) is 6.07 Å². The summed E-state index contributed by atoms with van der Waals surface area (Å²) in [5.41, 5.74) is 2.58. The number of carbonyl (C=O) groups excluding carboxylic acids is 1. The topological polar surface area (TPSA) is 30.2 Å². The van der Waals surface area contributed by atoms with Gasteiger partial charge in [-0.3, -0.25) is 4.79 Å². The molecule has 2 aromatic carbocycles. The predicted molar refractivity (Wildman–Crippen MR) is 77.8 cm³/mol. The fourth-order valence-corrected chi connectivity index (χ4v) is 2.36. The number of ketones is 1. The quantitative estimate of drug-likeness (QED) is 0.656. The van der Waals surface area contributed by atoms with Gasteiger partial charge in [0, 0.05) is 0 Å².